The number of carboxylic acids is 1. The highest BCUT2D eigenvalue weighted by Crippen LogP contribution is 2.27. The van der Waals surface area contributed by atoms with Crippen LogP contribution in [0.3, 0.4) is 0 Å². The number of carbonyl (C=O) groups is 1. The van der Waals surface area contributed by atoms with Crippen LogP contribution in [-0.4, -0.2) is 25.7 Å². The van der Waals surface area contributed by atoms with E-state index in [1.165, 1.54) is 22.7 Å². The molecule has 3 aromatic rings. The minimum Gasteiger partial charge on any atom is -0.477 e. The molecule has 1 N–H and O–H groups in total. The van der Waals surface area contributed by atoms with Crippen LogP contribution in [0.2, 0.25) is 0 Å². The molecule has 0 atom stereocenters. The summed E-state index contributed by atoms with van der Waals surface area (Å²) >= 11 is 0. The lowest BCUT2D eigenvalue weighted by Crippen LogP contribution is -2.00. The number of halogens is 1. The van der Waals surface area contributed by atoms with Gasteiger partial charge in [-0.05, 0) is 24.6 Å². The van der Waals surface area contributed by atoms with Crippen LogP contribution in [0.5, 0.6) is 0 Å². The minimum atomic E-state index is -1.19. The molecule has 1 aromatic carbocycles. The fourth-order valence-corrected chi connectivity index (χ4v) is 2.07. The molecule has 0 saturated heterocycles. The number of hydrogen-bond donors (Lipinski definition) is 1. The Morgan fingerprint density at radius 3 is 2.80 bits per heavy atom. The van der Waals surface area contributed by atoms with E-state index in [-0.39, 0.29) is 22.5 Å². The van der Waals surface area contributed by atoms with Crippen molar-refractivity contribution in [2.45, 2.75) is 6.92 Å². The van der Waals surface area contributed by atoms with Gasteiger partial charge in [-0.2, -0.15) is 5.10 Å². The van der Waals surface area contributed by atoms with Crippen molar-refractivity contribution in [3.63, 3.8) is 0 Å². The monoisotopic (exact) mass is 271 g/mol. The first-order chi connectivity index (χ1) is 9.58. The summed E-state index contributed by atoms with van der Waals surface area (Å²) in [6, 6.07) is 5.93. The highest BCUT2D eigenvalue weighted by Gasteiger charge is 2.23. The molecule has 0 spiro atoms. The van der Waals surface area contributed by atoms with E-state index in [2.05, 4.69) is 10.1 Å². The van der Waals surface area contributed by atoms with Crippen molar-refractivity contribution in [3.8, 4) is 11.3 Å². The zero-order valence-electron chi connectivity index (χ0n) is 10.5. The van der Waals surface area contributed by atoms with Crippen LogP contribution in [0.4, 0.5) is 4.39 Å². The summed E-state index contributed by atoms with van der Waals surface area (Å²) in [4.78, 5) is 15.5. The van der Waals surface area contributed by atoms with Crippen LogP contribution in [0, 0.1) is 12.7 Å². The van der Waals surface area contributed by atoms with Crippen molar-refractivity contribution in [1.82, 2.24) is 14.6 Å². The van der Waals surface area contributed by atoms with E-state index in [4.69, 9.17) is 0 Å². The van der Waals surface area contributed by atoms with Gasteiger partial charge in [0.2, 0.25) is 0 Å². The van der Waals surface area contributed by atoms with E-state index in [1.807, 2.05) is 6.92 Å². The van der Waals surface area contributed by atoms with Gasteiger partial charge >= 0.3 is 5.97 Å². The standard InChI is InChI=1S/C14H10FN3O2/c1-8-6-16-13-11(14(19)20)12(17-18(13)7-8)9-4-2-3-5-10(9)15/h2-7H,1H3,(H,19,20). The van der Waals surface area contributed by atoms with Gasteiger partial charge in [-0.3, -0.25) is 0 Å². The number of fused-ring (bicyclic) bond motifs is 1. The third-order valence-electron chi connectivity index (χ3n) is 2.94. The number of carboxylic acid groups (broad SMARTS) is 1. The first-order valence-electron chi connectivity index (χ1n) is 5.91. The van der Waals surface area contributed by atoms with Gasteiger partial charge in [0.05, 0.1) is 0 Å². The van der Waals surface area contributed by atoms with E-state index < -0.39 is 11.8 Å². The highest BCUT2D eigenvalue weighted by atomic mass is 19.1. The van der Waals surface area contributed by atoms with Gasteiger partial charge < -0.3 is 5.11 Å². The number of hydrogen-bond acceptors (Lipinski definition) is 3. The van der Waals surface area contributed by atoms with Crippen LogP contribution < -0.4 is 0 Å². The molecule has 0 saturated carbocycles. The van der Waals surface area contributed by atoms with Crippen molar-refractivity contribution < 1.29 is 14.3 Å². The predicted molar refractivity (Wildman–Crippen MR) is 70.1 cm³/mol. The number of aromatic carboxylic acids is 1. The van der Waals surface area contributed by atoms with Crippen molar-refractivity contribution in [1.29, 1.82) is 0 Å². The Labute approximate surface area is 113 Å². The quantitative estimate of drug-likeness (QED) is 0.777. The van der Waals surface area contributed by atoms with Gasteiger partial charge in [-0.15, -0.1) is 0 Å². The molecule has 0 aliphatic carbocycles. The fourth-order valence-electron chi connectivity index (χ4n) is 2.07. The summed E-state index contributed by atoms with van der Waals surface area (Å²) in [6.45, 7) is 1.82. The molecule has 0 unspecified atom stereocenters. The predicted octanol–water partition coefficient (Wildman–Crippen LogP) is 2.54. The summed E-state index contributed by atoms with van der Waals surface area (Å²) in [5.41, 5.74) is 1.15. The molecule has 0 aliphatic heterocycles. The highest BCUT2D eigenvalue weighted by molar-refractivity contribution is 6.01. The van der Waals surface area contributed by atoms with Crippen molar-refractivity contribution >= 4 is 11.6 Å². The van der Waals surface area contributed by atoms with Gasteiger partial charge in [0.25, 0.3) is 0 Å². The molecule has 100 valence electrons. The average Bonchev–Trinajstić information content (AvgIpc) is 2.77. The Kier molecular flexibility index (Phi) is 2.71. The topological polar surface area (TPSA) is 67.5 Å². The second kappa shape index (κ2) is 4.41. The summed E-state index contributed by atoms with van der Waals surface area (Å²) in [7, 11) is 0. The maximum atomic E-state index is 13.9. The van der Waals surface area contributed by atoms with Crippen LogP contribution >= 0.6 is 0 Å². The van der Waals surface area contributed by atoms with Gasteiger partial charge in [0.1, 0.15) is 17.1 Å². The molecule has 6 heteroatoms. The summed E-state index contributed by atoms with van der Waals surface area (Å²) in [6.07, 6.45) is 3.20. The minimum absolute atomic E-state index is 0.0775. The van der Waals surface area contributed by atoms with Crippen LogP contribution in [0.25, 0.3) is 16.9 Å². The molecule has 0 fully saturated rings. The maximum Gasteiger partial charge on any atom is 0.341 e. The lowest BCUT2D eigenvalue weighted by molar-refractivity contribution is 0.0699. The molecule has 20 heavy (non-hydrogen) atoms. The van der Waals surface area contributed by atoms with Crippen molar-refractivity contribution in [3.05, 3.63) is 53.6 Å². The van der Waals surface area contributed by atoms with Gasteiger partial charge in [-0.25, -0.2) is 18.7 Å². The Hall–Kier alpha value is -2.76. The molecule has 0 aliphatic rings. The molecule has 0 radical (unpaired) electrons. The van der Waals surface area contributed by atoms with Crippen LogP contribution in [0.1, 0.15) is 15.9 Å². The van der Waals surface area contributed by atoms with Crippen molar-refractivity contribution in [2.24, 2.45) is 0 Å². The SMILES string of the molecule is Cc1cnc2c(C(=O)O)c(-c3ccccc3F)nn2c1. The van der Waals surface area contributed by atoms with E-state index in [1.54, 1.807) is 18.5 Å². The van der Waals surface area contributed by atoms with Gasteiger partial charge in [0.15, 0.2) is 5.65 Å². The number of aromatic nitrogens is 3. The molecule has 0 amide bonds. The average molecular weight is 271 g/mol. The summed E-state index contributed by atoms with van der Waals surface area (Å²) in [5, 5.41) is 13.5. The van der Waals surface area contributed by atoms with E-state index in [0.717, 1.165) is 5.56 Å². The zero-order chi connectivity index (χ0) is 14.3. The first-order valence-corrected chi connectivity index (χ1v) is 5.91. The third kappa shape index (κ3) is 1.82. The second-order valence-electron chi connectivity index (χ2n) is 4.41. The van der Waals surface area contributed by atoms with Gasteiger partial charge in [-0.1, -0.05) is 12.1 Å². The lowest BCUT2D eigenvalue weighted by atomic mass is 10.1. The van der Waals surface area contributed by atoms with E-state index in [0.29, 0.717) is 0 Å². The maximum absolute atomic E-state index is 13.9. The molecular weight excluding hydrogens is 261 g/mol. The van der Waals surface area contributed by atoms with E-state index in [9.17, 15) is 14.3 Å². The lowest BCUT2D eigenvalue weighted by Gasteiger charge is -1.99. The Morgan fingerprint density at radius 1 is 1.35 bits per heavy atom. The third-order valence-corrected chi connectivity index (χ3v) is 2.94. The number of nitrogens with zero attached hydrogens (tertiary/aromatic N) is 3. The molecule has 5 nitrogen and oxygen atoms in total. The number of benzene rings is 1. The Morgan fingerprint density at radius 2 is 2.10 bits per heavy atom. The fraction of sp³-hybridized carbons (Fsp3) is 0.0714. The van der Waals surface area contributed by atoms with Crippen LogP contribution in [0.15, 0.2) is 36.7 Å². The molecule has 2 heterocycles. The van der Waals surface area contributed by atoms with Crippen molar-refractivity contribution in [2.75, 3.05) is 0 Å². The van der Waals surface area contributed by atoms with Crippen LogP contribution in [-0.2, 0) is 0 Å². The largest absolute Gasteiger partial charge is 0.477 e. The smallest absolute Gasteiger partial charge is 0.341 e. The number of rotatable bonds is 2. The van der Waals surface area contributed by atoms with E-state index >= 15 is 0 Å². The van der Waals surface area contributed by atoms with Gasteiger partial charge in [0, 0.05) is 18.0 Å². The Balaban J connectivity index is 2.38. The zero-order valence-corrected chi connectivity index (χ0v) is 10.5. The molecule has 3 rings (SSSR count). The number of aryl methyl sites for hydroxylation is 1. The molecular formula is C14H10FN3O2. The normalized spacial score (nSPS) is 10.9. The molecule has 0 bridgehead atoms. The summed E-state index contributed by atoms with van der Waals surface area (Å²) < 4.78 is 15.2. The Bertz CT molecular complexity index is 826. The first kappa shape index (κ1) is 12.3. The molecule has 2 aromatic heterocycles. The second-order valence-corrected chi connectivity index (χ2v) is 4.41. The summed E-state index contributed by atoms with van der Waals surface area (Å²) in [5.74, 6) is -1.70.